The Balaban J connectivity index is 1.59. The number of aromatic nitrogens is 3. The molecule has 0 saturated carbocycles. The number of hydrogen-bond donors (Lipinski definition) is 0. The Bertz CT molecular complexity index is 939. The largest absolute Gasteiger partial charge is 0.337 e. The van der Waals surface area contributed by atoms with Gasteiger partial charge in [-0.15, -0.1) is 0 Å². The van der Waals surface area contributed by atoms with E-state index in [0.717, 1.165) is 22.9 Å². The van der Waals surface area contributed by atoms with Gasteiger partial charge in [-0.25, -0.2) is 0 Å². The third-order valence-electron chi connectivity index (χ3n) is 4.50. The Morgan fingerprint density at radius 1 is 1.27 bits per heavy atom. The van der Waals surface area contributed by atoms with E-state index in [9.17, 15) is 4.79 Å². The topological polar surface area (TPSA) is 72.1 Å². The summed E-state index contributed by atoms with van der Waals surface area (Å²) in [4.78, 5) is 23.3. The predicted octanol–water partition coefficient (Wildman–Crippen LogP) is 4.18. The van der Waals surface area contributed by atoms with Crippen LogP contribution in [0.2, 0.25) is 0 Å². The molecule has 1 aliphatic heterocycles. The van der Waals surface area contributed by atoms with E-state index in [2.05, 4.69) is 31.1 Å². The van der Waals surface area contributed by atoms with E-state index < -0.39 is 0 Å². The van der Waals surface area contributed by atoms with E-state index in [-0.39, 0.29) is 11.9 Å². The Labute approximate surface area is 159 Å². The molecule has 0 radical (unpaired) electrons. The molecule has 0 bridgehead atoms. The average Bonchev–Trinajstić information content (AvgIpc) is 3.31. The number of hydrogen-bond acceptors (Lipinski definition) is 5. The molecule has 1 amide bonds. The summed E-state index contributed by atoms with van der Waals surface area (Å²) in [5, 5.41) is 4.10. The lowest BCUT2D eigenvalue weighted by molar-refractivity contribution is 0.0709. The zero-order valence-electron chi connectivity index (χ0n) is 14.2. The Hall–Kier alpha value is -2.54. The van der Waals surface area contributed by atoms with Gasteiger partial charge in [0.05, 0.1) is 5.56 Å². The lowest BCUT2D eigenvalue weighted by atomic mass is 10.1. The van der Waals surface area contributed by atoms with Crippen LogP contribution in [0.25, 0.3) is 11.4 Å². The van der Waals surface area contributed by atoms with E-state index in [4.69, 9.17) is 4.52 Å². The van der Waals surface area contributed by atoms with Crippen molar-refractivity contribution in [2.75, 3.05) is 6.54 Å². The summed E-state index contributed by atoms with van der Waals surface area (Å²) in [5.74, 6) is 0.953. The minimum Gasteiger partial charge on any atom is -0.337 e. The van der Waals surface area contributed by atoms with Crippen LogP contribution in [0.5, 0.6) is 0 Å². The van der Waals surface area contributed by atoms with E-state index in [1.165, 1.54) is 5.56 Å². The second kappa shape index (κ2) is 6.99. The molecule has 3 aromatic rings. The number of carbonyl (C=O) groups is 1. The van der Waals surface area contributed by atoms with Crippen molar-refractivity contribution in [3.8, 4) is 11.4 Å². The van der Waals surface area contributed by atoms with Crippen molar-refractivity contribution >= 4 is 21.8 Å². The lowest BCUT2D eigenvalue weighted by Gasteiger charge is -2.21. The SMILES string of the molecule is Cc1ccc(-c2noc(C3CCCN3C(=O)c3cncc(Br)c3)n2)cc1. The minimum absolute atomic E-state index is 0.0728. The number of pyridine rings is 1. The highest BCUT2D eigenvalue weighted by atomic mass is 79.9. The average molecular weight is 413 g/mol. The summed E-state index contributed by atoms with van der Waals surface area (Å²) in [5.41, 5.74) is 2.62. The summed E-state index contributed by atoms with van der Waals surface area (Å²) < 4.78 is 6.27. The molecule has 1 fully saturated rings. The zero-order chi connectivity index (χ0) is 18.1. The molecule has 4 rings (SSSR count). The highest BCUT2D eigenvalue weighted by molar-refractivity contribution is 9.10. The zero-order valence-corrected chi connectivity index (χ0v) is 15.8. The van der Waals surface area contributed by atoms with Crippen LogP contribution in [0.3, 0.4) is 0 Å². The van der Waals surface area contributed by atoms with Crippen molar-refractivity contribution in [3.05, 3.63) is 64.2 Å². The molecule has 0 spiro atoms. The molecular formula is C19H17BrN4O2. The molecule has 3 heterocycles. The van der Waals surface area contributed by atoms with Gasteiger partial charge in [-0.1, -0.05) is 35.0 Å². The number of benzene rings is 1. The van der Waals surface area contributed by atoms with E-state index >= 15 is 0 Å². The summed E-state index contributed by atoms with van der Waals surface area (Å²) >= 11 is 3.36. The molecular weight excluding hydrogens is 396 g/mol. The van der Waals surface area contributed by atoms with Gasteiger partial charge in [0.2, 0.25) is 11.7 Å². The normalized spacial score (nSPS) is 16.8. The first-order valence-corrected chi connectivity index (χ1v) is 9.23. The molecule has 132 valence electrons. The van der Waals surface area contributed by atoms with Gasteiger partial charge in [-0.3, -0.25) is 9.78 Å². The van der Waals surface area contributed by atoms with Gasteiger partial charge >= 0.3 is 0 Å². The Morgan fingerprint density at radius 3 is 2.85 bits per heavy atom. The van der Waals surface area contributed by atoms with Gasteiger partial charge in [-0.05, 0) is 41.8 Å². The number of halogens is 1. The second-order valence-corrected chi connectivity index (χ2v) is 7.29. The fourth-order valence-corrected chi connectivity index (χ4v) is 3.52. The molecule has 1 atom stereocenters. The molecule has 0 N–H and O–H groups in total. The van der Waals surface area contributed by atoms with Crippen LogP contribution >= 0.6 is 15.9 Å². The third kappa shape index (κ3) is 3.26. The highest BCUT2D eigenvalue weighted by Gasteiger charge is 2.34. The Morgan fingerprint density at radius 2 is 2.08 bits per heavy atom. The molecule has 0 aliphatic carbocycles. The van der Waals surface area contributed by atoms with Crippen LogP contribution in [0.15, 0.2) is 51.7 Å². The quantitative estimate of drug-likeness (QED) is 0.644. The number of rotatable bonds is 3. The first kappa shape index (κ1) is 16.9. The lowest BCUT2D eigenvalue weighted by Crippen LogP contribution is -2.30. The van der Waals surface area contributed by atoms with Crippen molar-refractivity contribution in [2.45, 2.75) is 25.8 Å². The number of carbonyl (C=O) groups excluding carboxylic acids is 1. The van der Waals surface area contributed by atoms with Gasteiger partial charge in [0.25, 0.3) is 5.91 Å². The van der Waals surface area contributed by atoms with Gasteiger partial charge in [0.15, 0.2) is 0 Å². The first-order chi connectivity index (χ1) is 12.6. The van der Waals surface area contributed by atoms with E-state index in [1.54, 1.807) is 23.4 Å². The van der Waals surface area contributed by atoms with Crippen LogP contribution in [-0.2, 0) is 0 Å². The maximum Gasteiger partial charge on any atom is 0.256 e. The van der Waals surface area contributed by atoms with Crippen LogP contribution < -0.4 is 0 Å². The molecule has 26 heavy (non-hydrogen) atoms. The molecule has 1 aliphatic rings. The van der Waals surface area contributed by atoms with Crippen molar-refractivity contribution in [2.24, 2.45) is 0 Å². The monoisotopic (exact) mass is 412 g/mol. The Kier molecular flexibility index (Phi) is 4.55. The number of likely N-dealkylation sites (tertiary alicyclic amines) is 1. The smallest absolute Gasteiger partial charge is 0.256 e. The standard InChI is InChI=1S/C19H17BrN4O2/c1-12-4-6-13(7-5-12)17-22-18(26-23-17)16-3-2-8-24(16)19(25)14-9-15(20)11-21-10-14/h4-7,9-11,16H,2-3,8H2,1H3. The van der Waals surface area contributed by atoms with E-state index in [0.29, 0.717) is 23.8 Å². The van der Waals surface area contributed by atoms with Crippen molar-refractivity contribution in [3.63, 3.8) is 0 Å². The number of nitrogens with zero attached hydrogens (tertiary/aromatic N) is 4. The minimum atomic E-state index is -0.201. The summed E-state index contributed by atoms with van der Waals surface area (Å²) in [7, 11) is 0. The van der Waals surface area contributed by atoms with Crippen molar-refractivity contribution < 1.29 is 9.32 Å². The molecule has 1 aromatic carbocycles. The van der Waals surface area contributed by atoms with Crippen LogP contribution in [0, 0.1) is 6.92 Å². The fourth-order valence-electron chi connectivity index (χ4n) is 3.15. The number of aryl methyl sites for hydroxylation is 1. The van der Waals surface area contributed by atoms with Gasteiger partial charge in [-0.2, -0.15) is 4.98 Å². The third-order valence-corrected chi connectivity index (χ3v) is 4.94. The number of amides is 1. The molecule has 1 saturated heterocycles. The van der Waals surface area contributed by atoms with Crippen molar-refractivity contribution in [1.29, 1.82) is 0 Å². The summed E-state index contributed by atoms with van der Waals surface area (Å²) in [6, 6.07) is 9.53. The fraction of sp³-hybridized carbons (Fsp3) is 0.263. The van der Waals surface area contributed by atoms with Crippen LogP contribution in [0.4, 0.5) is 0 Å². The van der Waals surface area contributed by atoms with E-state index in [1.807, 2.05) is 31.2 Å². The van der Waals surface area contributed by atoms with Gasteiger partial charge in [0, 0.05) is 29.0 Å². The maximum absolute atomic E-state index is 12.9. The predicted molar refractivity (Wildman–Crippen MR) is 99.4 cm³/mol. The van der Waals surface area contributed by atoms with Crippen LogP contribution in [-0.4, -0.2) is 32.5 Å². The highest BCUT2D eigenvalue weighted by Crippen LogP contribution is 2.33. The first-order valence-electron chi connectivity index (χ1n) is 8.44. The van der Waals surface area contributed by atoms with Gasteiger partial charge in [0.1, 0.15) is 6.04 Å². The molecule has 1 unspecified atom stereocenters. The molecule has 6 nitrogen and oxygen atoms in total. The molecule has 2 aromatic heterocycles. The maximum atomic E-state index is 12.9. The van der Waals surface area contributed by atoms with Crippen LogP contribution in [0.1, 0.15) is 40.7 Å². The summed E-state index contributed by atoms with van der Waals surface area (Å²) in [6.45, 7) is 2.70. The summed E-state index contributed by atoms with van der Waals surface area (Å²) in [6.07, 6.45) is 4.95. The van der Waals surface area contributed by atoms with Crippen molar-refractivity contribution in [1.82, 2.24) is 20.0 Å². The van der Waals surface area contributed by atoms with Gasteiger partial charge < -0.3 is 9.42 Å². The second-order valence-electron chi connectivity index (χ2n) is 6.37. The molecule has 7 heteroatoms.